The van der Waals surface area contributed by atoms with E-state index in [0.717, 1.165) is 41.4 Å². The number of halogens is 1. The van der Waals surface area contributed by atoms with Gasteiger partial charge in [-0.05, 0) is 42.0 Å². The third-order valence-electron chi connectivity index (χ3n) is 4.69. The van der Waals surface area contributed by atoms with Gasteiger partial charge in [0.05, 0.1) is 19.1 Å². The Kier molecular flexibility index (Phi) is 4.77. The van der Waals surface area contributed by atoms with Crippen LogP contribution in [0.3, 0.4) is 0 Å². The second-order valence-electron chi connectivity index (χ2n) is 6.33. The lowest BCUT2D eigenvalue weighted by Gasteiger charge is -2.37. The molecule has 0 saturated carbocycles. The van der Waals surface area contributed by atoms with Crippen molar-refractivity contribution in [2.24, 2.45) is 0 Å². The second-order valence-corrected chi connectivity index (χ2v) is 6.71. The third-order valence-corrected chi connectivity index (χ3v) is 5.03. The van der Waals surface area contributed by atoms with Gasteiger partial charge in [0.1, 0.15) is 17.6 Å². The number of hydrogen-bond donors (Lipinski definition) is 2. The molecule has 0 radical (unpaired) electrons. The van der Waals surface area contributed by atoms with Gasteiger partial charge in [-0.3, -0.25) is 0 Å². The molecule has 27 heavy (non-hydrogen) atoms. The van der Waals surface area contributed by atoms with Gasteiger partial charge >= 0.3 is 0 Å². The van der Waals surface area contributed by atoms with E-state index in [-0.39, 0.29) is 11.9 Å². The van der Waals surface area contributed by atoms with E-state index in [4.69, 9.17) is 17.0 Å². The number of imidazole rings is 1. The highest BCUT2D eigenvalue weighted by atomic mass is 32.1. The number of aromatic nitrogens is 2. The number of nitrogens with one attached hydrogen (secondary N) is 2. The highest BCUT2D eigenvalue weighted by Gasteiger charge is 2.32. The van der Waals surface area contributed by atoms with E-state index in [0.29, 0.717) is 5.11 Å². The standard InChI is InChI=1S/C20H19FN4OS/c1-26-16-4-2-3-15(11-16)24-20(27)25-10-9-17-18(23-12-22-17)19(25)13-5-7-14(21)8-6-13/h2-8,11-12,19H,9-10H2,1H3,(H,22,23)(H,24,27)/t19-/m0/s1. The number of rotatable bonds is 3. The van der Waals surface area contributed by atoms with E-state index in [1.165, 1.54) is 12.1 Å². The van der Waals surface area contributed by atoms with Crippen molar-refractivity contribution in [2.45, 2.75) is 12.5 Å². The molecule has 2 N–H and O–H groups in total. The number of hydrogen-bond acceptors (Lipinski definition) is 3. The molecule has 2 heterocycles. The topological polar surface area (TPSA) is 53.2 Å². The number of benzene rings is 2. The lowest BCUT2D eigenvalue weighted by atomic mass is 9.96. The van der Waals surface area contributed by atoms with Gasteiger partial charge < -0.3 is 19.9 Å². The van der Waals surface area contributed by atoms with Crippen LogP contribution < -0.4 is 10.1 Å². The average Bonchev–Trinajstić information content (AvgIpc) is 3.17. The van der Waals surface area contributed by atoms with Crippen molar-refractivity contribution < 1.29 is 9.13 Å². The maximum absolute atomic E-state index is 13.4. The lowest BCUT2D eigenvalue weighted by Crippen LogP contribution is -2.43. The summed E-state index contributed by atoms with van der Waals surface area (Å²) in [6, 6.07) is 13.9. The Hall–Kier alpha value is -2.93. The largest absolute Gasteiger partial charge is 0.497 e. The molecule has 1 atom stereocenters. The van der Waals surface area contributed by atoms with E-state index in [2.05, 4.69) is 20.2 Å². The Morgan fingerprint density at radius 3 is 2.89 bits per heavy atom. The predicted octanol–water partition coefficient (Wildman–Crippen LogP) is 3.90. The molecule has 0 fully saturated rings. The fourth-order valence-corrected chi connectivity index (χ4v) is 3.69. The molecule has 1 aliphatic rings. The number of aromatic amines is 1. The Balaban J connectivity index is 1.65. The van der Waals surface area contributed by atoms with Crippen molar-refractivity contribution in [3.05, 3.63) is 77.6 Å². The van der Waals surface area contributed by atoms with Crippen molar-refractivity contribution in [1.29, 1.82) is 0 Å². The molecule has 0 amide bonds. The number of thiocarbonyl (C=S) groups is 1. The number of H-pyrrole nitrogens is 1. The summed E-state index contributed by atoms with van der Waals surface area (Å²) >= 11 is 5.70. The van der Waals surface area contributed by atoms with E-state index in [1.807, 2.05) is 24.3 Å². The van der Waals surface area contributed by atoms with Gasteiger partial charge in [0.15, 0.2) is 5.11 Å². The molecule has 3 aromatic rings. The molecule has 1 aromatic heterocycles. The zero-order valence-corrected chi connectivity index (χ0v) is 15.6. The molecule has 2 aromatic carbocycles. The summed E-state index contributed by atoms with van der Waals surface area (Å²) in [5.74, 6) is 0.492. The van der Waals surface area contributed by atoms with Crippen LogP contribution >= 0.6 is 12.2 Å². The van der Waals surface area contributed by atoms with Gasteiger partial charge in [0.2, 0.25) is 0 Å². The first-order valence-corrected chi connectivity index (χ1v) is 9.06. The van der Waals surface area contributed by atoms with Gasteiger partial charge in [-0.15, -0.1) is 0 Å². The summed E-state index contributed by atoms with van der Waals surface area (Å²) in [5, 5.41) is 3.87. The van der Waals surface area contributed by atoms with Crippen molar-refractivity contribution in [1.82, 2.24) is 14.9 Å². The predicted molar refractivity (Wildman–Crippen MR) is 106 cm³/mol. The van der Waals surface area contributed by atoms with Crippen molar-refractivity contribution >= 4 is 23.0 Å². The molecular formula is C20H19FN4OS. The molecule has 7 heteroatoms. The number of fused-ring (bicyclic) bond motifs is 1. The van der Waals surface area contributed by atoms with Gasteiger partial charge in [-0.1, -0.05) is 18.2 Å². The van der Waals surface area contributed by atoms with Crippen LogP contribution in [0.15, 0.2) is 54.9 Å². The maximum atomic E-state index is 13.4. The van der Waals surface area contributed by atoms with Crippen molar-refractivity contribution in [2.75, 3.05) is 19.0 Å². The first kappa shape index (κ1) is 17.5. The van der Waals surface area contributed by atoms with Gasteiger partial charge in [0.25, 0.3) is 0 Å². The lowest BCUT2D eigenvalue weighted by molar-refractivity contribution is 0.336. The SMILES string of the molecule is COc1cccc(NC(=S)N2CCc3[nH]cnc3[C@@H]2c2ccc(F)cc2)c1. The molecule has 0 unspecified atom stereocenters. The maximum Gasteiger partial charge on any atom is 0.174 e. The first-order valence-electron chi connectivity index (χ1n) is 8.65. The Morgan fingerprint density at radius 1 is 1.30 bits per heavy atom. The van der Waals surface area contributed by atoms with Crippen LogP contribution in [0.25, 0.3) is 0 Å². The van der Waals surface area contributed by atoms with Crippen LogP contribution in [0.4, 0.5) is 10.1 Å². The fraction of sp³-hybridized carbons (Fsp3) is 0.200. The Bertz CT molecular complexity index is 957. The minimum Gasteiger partial charge on any atom is -0.497 e. The fourth-order valence-electron chi connectivity index (χ4n) is 3.37. The normalized spacial score (nSPS) is 15.9. The van der Waals surface area contributed by atoms with Crippen LogP contribution in [-0.2, 0) is 6.42 Å². The molecule has 0 spiro atoms. The second kappa shape index (κ2) is 7.36. The van der Waals surface area contributed by atoms with E-state index in [1.54, 1.807) is 25.6 Å². The van der Waals surface area contributed by atoms with E-state index >= 15 is 0 Å². The van der Waals surface area contributed by atoms with Crippen LogP contribution in [0, 0.1) is 5.82 Å². The van der Waals surface area contributed by atoms with Gasteiger partial charge in [-0.25, -0.2) is 9.37 Å². The van der Waals surface area contributed by atoms with Crippen LogP contribution in [0.5, 0.6) is 5.75 Å². The monoisotopic (exact) mass is 382 g/mol. The summed E-state index contributed by atoms with van der Waals surface area (Å²) < 4.78 is 18.7. The molecule has 0 bridgehead atoms. The number of methoxy groups -OCH3 is 1. The molecule has 5 nitrogen and oxygen atoms in total. The minimum absolute atomic E-state index is 0.175. The molecule has 138 valence electrons. The zero-order chi connectivity index (χ0) is 18.8. The quantitative estimate of drug-likeness (QED) is 0.673. The highest BCUT2D eigenvalue weighted by molar-refractivity contribution is 7.80. The molecule has 0 saturated heterocycles. The smallest absolute Gasteiger partial charge is 0.174 e. The van der Waals surface area contributed by atoms with E-state index in [9.17, 15) is 4.39 Å². The van der Waals surface area contributed by atoms with Crippen molar-refractivity contribution in [3.63, 3.8) is 0 Å². The molecule has 1 aliphatic heterocycles. The molecule has 4 rings (SSSR count). The number of anilines is 1. The van der Waals surface area contributed by atoms with Crippen molar-refractivity contribution in [3.8, 4) is 5.75 Å². The van der Waals surface area contributed by atoms with E-state index < -0.39 is 0 Å². The Morgan fingerprint density at radius 2 is 2.11 bits per heavy atom. The van der Waals surface area contributed by atoms with Crippen LogP contribution in [0.1, 0.15) is 23.0 Å². The number of nitrogens with zero attached hydrogens (tertiary/aromatic N) is 2. The summed E-state index contributed by atoms with van der Waals surface area (Å²) in [6.07, 6.45) is 2.51. The average molecular weight is 382 g/mol. The molecular weight excluding hydrogens is 363 g/mol. The van der Waals surface area contributed by atoms with Gasteiger partial charge in [0, 0.05) is 30.4 Å². The Labute approximate surface area is 162 Å². The van der Waals surface area contributed by atoms with Crippen LogP contribution in [-0.4, -0.2) is 33.6 Å². The number of ether oxygens (including phenoxy) is 1. The summed E-state index contributed by atoms with van der Waals surface area (Å²) in [6.45, 7) is 0.729. The summed E-state index contributed by atoms with van der Waals surface area (Å²) in [4.78, 5) is 9.80. The molecule has 0 aliphatic carbocycles. The highest BCUT2D eigenvalue weighted by Crippen LogP contribution is 2.34. The third kappa shape index (κ3) is 3.50. The summed E-state index contributed by atoms with van der Waals surface area (Å²) in [5.41, 5.74) is 3.80. The van der Waals surface area contributed by atoms with Gasteiger partial charge in [-0.2, -0.15) is 0 Å². The first-order chi connectivity index (χ1) is 13.2. The zero-order valence-electron chi connectivity index (χ0n) is 14.8. The minimum atomic E-state index is -0.263. The van der Waals surface area contributed by atoms with Crippen LogP contribution in [0.2, 0.25) is 0 Å². The summed E-state index contributed by atoms with van der Waals surface area (Å²) in [7, 11) is 1.63.